The van der Waals surface area contributed by atoms with Crippen molar-refractivity contribution < 1.29 is 589 Å². The van der Waals surface area contributed by atoms with Gasteiger partial charge in [-0.2, -0.15) is 11.8 Å². The molecule has 0 unspecified atom stereocenters. The minimum atomic E-state index is 0. The van der Waals surface area contributed by atoms with Gasteiger partial charge in [-0.3, -0.25) is 0 Å². The van der Waals surface area contributed by atoms with Gasteiger partial charge >= 0.3 is 0 Å². The largest absolute Gasteiger partial charge is 0.341 e. The molecule has 0 saturated carbocycles. The summed E-state index contributed by atoms with van der Waals surface area (Å²) in [5.41, 5.74) is 0. The van der Waals surface area contributed by atoms with Crippen LogP contribution in [0.15, 0.2) is 0 Å². The molecule has 0 aliphatic rings. The molecule has 0 aromatic rings. The van der Waals surface area contributed by atoms with Gasteiger partial charge in [-0.05, 0) is 0 Å². The van der Waals surface area contributed by atoms with Crippen LogP contribution in [0.1, 0.15) is 27.7 Å². The molecule has 0 spiro atoms. The number of hydrogen-bond donors (Lipinski definition) is 0. The van der Waals surface area contributed by atoms with Crippen molar-refractivity contribution in [3.63, 3.8) is 0 Å². The Morgan fingerprint density at radius 3 is 0.269 bits per heavy atom. The molecule has 0 fully saturated rings. The Labute approximate surface area is 619 Å². The molecule has 106 valence electrons. The van der Waals surface area contributed by atoms with E-state index in [0.29, 0.717) is 11.8 Å². The maximum Gasteiger partial charge on any atom is 0 e. The Hall–Kier alpha value is 19.9. The van der Waals surface area contributed by atoms with Crippen molar-refractivity contribution in [3.05, 3.63) is 13.8 Å². The zero-order valence-corrected chi connectivity index (χ0v) is 68.1. The van der Waals surface area contributed by atoms with Crippen LogP contribution in [-0.2, 0) is 589 Å². The van der Waals surface area contributed by atoms with Crippen LogP contribution >= 0.6 is 0 Å². The predicted molar refractivity (Wildman–Crippen MR) is 40.4 cm³/mol. The fourth-order valence-corrected chi connectivity index (χ4v) is 0. The van der Waals surface area contributed by atoms with E-state index in [4.69, 9.17) is 0 Å². The summed E-state index contributed by atoms with van der Waals surface area (Å²) in [6.45, 7) is 15.5. The number of rotatable bonds is 0. The Morgan fingerprint density at radius 2 is 0.269 bits per heavy atom. The van der Waals surface area contributed by atoms with Crippen molar-refractivity contribution in [2.24, 2.45) is 11.8 Å². The Kier molecular flexibility index (Phi) is 685. The summed E-state index contributed by atoms with van der Waals surface area (Å²) in [6.07, 6.45) is 0. The first-order chi connectivity index (χ1) is 3.46. The molecule has 0 N–H and O–H groups in total. The molecular weight excluding hydrogens is 1700 g/mol. The quantitative estimate of drug-likeness (QED) is 0.328. The van der Waals surface area contributed by atoms with Crippen LogP contribution in [0.2, 0.25) is 0 Å². The van der Waals surface area contributed by atoms with E-state index in [1.165, 1.54) is 0 Å². The molecule has 0 aliphatic heterocycles. The number of hydrogen-bond acceptors (Lipinski definition) is 0. The molecule has 18 radical (unpaired) electrons. The SMILES string of the molecule is [CH2-]C(C)C.[CH2-]C(C)C.[Y].[Y].[Y].[Y].[Y].[Y].[Y].[Y].[Y].[Y].[Y].[Y].[Y].[Y].[Y].[Y].[Y].[Y]. The summed E-state index contributed by atoms with van der Waals surface area (Å²) in [6, 6.07) is 0. The van der Waals surface area contributed by atoms with Gasteiger partial charge in [0, 0.05) is 589 Å². The van der Waals surface area contributed by atoms with Crippen molar-refractivity contribution in [1.82, 2.24) is 0 Å². The zero-order valence-electron chi connectivity index (χ0n) is 17.0. The molecule has 0 aliphatic carbocycles. The molecule has 0 saturated heterocycles. The van der Waals surface area contributed by atoms with Crippen LogP contribution in [0.4, 0.5) is 0 Å². The summed E-state index contributed by atoms with van der Waals surface area (Å²) >= 11 is 0. The van der Waals surface area contributed by atoms with Gasteiger partial charge in [0.15, 0.2) is 0 Å². The van der Waals surface area contributed by atoms with E-state index in [-0.39, 0.29) is 589 Å². The normalized spacial score (nSPS) is 2.77. The topological polar surface area (TPSA) is 0 Å². The first kappa shape index (κ1) is 138. The van der Waals surface area contributed by atoms with Gasteiger partial charge < -0.3 is 13.8 Å². The second-order valence-electron chi connectivity index (χ2n) is 2.79. The van der Waals surface area contributed by atoms with Crippen molar-refractivity contribution >= 4 is 0 Å². The van der Waals surface area contributed by atoms with Crippen molar-refractivity contribution in [3.8, 4) is 0 Å². The molecule has 0 amide bonds. The minimum absolute atomic E-state index is 0. The Morgan fingerprint density at radius 1 is 0.269 bits per heavy atom. The van der Waals surface area contributed by atoms with Crippen LogP contribution in [0.5, 0.6) is 0 Å². The molecule has 0 aromatic carbocycles. The molecule has 0 heterocycles. The molecule has 26 heavy (non-hydrogen) atoms. The zero-order chi connectivity index (χ0) is 7.15. The molecule has 18 heteroatoms. The molecular formula is C8H18Y18-2. The fraction of sp³-hybridized carbons (Fsp3) is 0.750. The van der Waals surface area contributed by atoms with Crippen LogP contribution < -0.4 is 0 Å². The van der Waals surface area contributed by atoms with Gasteiger partial charge in [-0.1, -0.05) is 27.7 Å². The third-order valence-corrected chi connectivity index (χ3v) is 0. The second kappa shape index (κ2) is 129. The smallest absolute Gasteiger partial charge is 0 e. The molecule has 0 atom stereocenters. The van der Waals surface area contributed by atoms with Gasteiger partial charge in [0.25, 0.3) is 0 Å². The van der Waals surface area contributed by atoms with Gasteiger partial charge in [0.1, 0.15) is 0 Å². The Bertz CT molecular complexity index is 38.7. The molecule has 0 rings (SSSR count). The van der Waals surface area contributed by atoms with E-state index in [1.54, 1.807) is 0 Å². The van der Waals surface area contributed by atoms with Gasteiger partial charge in [0.05, 0.1) is 0 Å². The maximum atomic E-state index is 3.64. The van der Waals surface area contributed by atoms with Gasteiger partial charge in [-0.15, -0.1) is 0 Å². The van der Waals surface area contributed by atoms with Crippen LogP contribution in [0.25, 0.3) is 0 Å². The maximum absolute atomic E-state index is 3.64. The average Bonchev–Trinajstić information content (AvgIpc) is 1.25. The van der Waals surface area contributed by atoms with Crippen LogP contribution in [-0.4, -0.2) is 0 Å². The van der Waals surface area contributed by atoms with E-state index in [2.05, 4.69) is 41.5 Å². The van der Waals surface area contributed by atoms with Crippen molar-refractivity contribution in [2.45, 2.75) is 27.7 Å². The van der Waals surface area contributed by atoms with E-state index in [1.807, 2.05) is 0 Å². The van der Waals surface area contributed by atoms with Crippen LogP contribution in [0, 0.1) is 25.7 Å². The monoisotopic (exact) mass is 1710 g/mol. The van der Waals surface area contributed by atoms with E-state index in [9.17, 15) is 0 Å². The summed E-state index contributed by atoms with van der Waals surface area (Å²) < 4.78 is 0. The van der Waals surface area contributed by atoms with Crippen molar-refractivity contribution in [2.75, 3.05) is 0 Å². The third kappa shape index (κ3) is 204. The first-order valence-corrected chi connectivity index (χ1v) is 3.13. The summed E-state index contributed by atoms with van der Waals surface area (Å²) in [7, 11) is 0. The molecule has 0 aromatic heterocycles. The van der Waals surface area contributed by atoms with Crippen molar-refractivity contribution in [1.29, 1.82) is 0 Å². The summed E-state index contributed by atoms with van der Waals surface area (Å²) in [5, 5.41) is 0. The van der Waals surface area contributed by atoms with Gasteiger partial charge in [0.2, 0.25) is 0 Å². The van der Waals surface area contributed by atoms with E-state index in [0.717, 1.165) is 0 Å². The molecule has 0 bridgehead atoms. The molecule has 0 nitrogen and oxygen atoms in total. The summed E-state index contributed by atoms with van der Waals surface area (Å²) in [4.78, 5) is 0. The van der Waals surface area contributed by atoms with E-state index < -0.39 is 0 Å². The third-order valence-electron chi connectivity index (χ3n) is 0. The predicted octanol–water partition coefficient (Wildman–Crippen LogP) is 2.91. The van der Waals surface area contributed by atoms with E-state index >= 15 is 0 Å². The fourth-order valence-electron chi connectivity index (χ4n) is 0. The average molecular weight is 1710 g/mol. The minimum Gasteiger partial charge on any atom is -0.341 e. The van der Waals surface area contributed by atoms with Gasteiger partial charge in [-0.25, -0.2) is 0 Å². The summed E-state index contributed by atoms with van der Waals surface area (Å²) in [5.74, 6) is 1.17. The van der Waals surface area contributed by atoms with Crippen LogP contribution in [0.3, 0.4) is 0 Å². The second-order valence-corrected chi connectivity index (χ2v) is 2.79. The first-order valence-electron chi connectivity index (χ1n) is 3.13. The Balaban J connectivity index is -0.000000000909. The standard InChI is InChI=1S/2C4H9.18Y/c2*1-4(2)3;;;;;;;;;;;;;;;;;;/h2*4H,1H2,2-3H3;;;;;;;;;;;;;;;;;;/q2*-1;;;;;;;;;;;;;;;;;;.